The molecule has 0 N–H and O–H groups in total. The first-order valence-corrected chi connectivity index (χ1v) is 16.4. The van der Waals surface area contributed by atoms with Gasteiger partial charge in [-0.25, -0.2) is 0 Å². The molecule has 3 heteroatoms. The van der Waals surface area contributed by atoms with Crippen molar-refractivity contribution >= 4 is 13.3 Å². The first-order valence-electron chi connectivity index (χ1n) is 12.9. The second-order valence-electron chi connectivity index (χ2n) is 10.8. The summed E-state index contributed by atoms with van der Waals surface area (Å²) in [6, 6.07) is 13.3. The molecule has 0 aliphatic heterocycles. The van der Waals surface area contributed by atoms with E-state index in [0.717, 1.165) is 37.8 Å². The Morgan fingerprint density at radius 2 is 1.62 bits per heavy atom. The number of hydrogen-bond acceptors (Lipinski definition) is 2. The Hall–Kier alpha value is -1.92. The van der Waals surface area contributed by atoms with Crippen LogP contribution in [0.25, 0.3) is 0 Å². The van der Waals surface area contributed by atoms with Gasteiger partial charge in [-0.15, -0.1) is 0 Å². The molecular weight excluding hydrogens is 404 g/mol. The highest BCUT2D eigenvalue weighted by molar-refractivity contribution is 6.89. The van der Waals surface area contributed by atoms with Crippen molar-refractivity contribution in [3.63, 3.8) is 0 Å². The number of hydrogen-bond donors (Lipinski definition) is 0. The van der Waals surface area contributed by atoms with Gasteiger partial charge in [0.15, 0.2) is 0 Å². The van der Waals surface area contributed by atoms with E-state index in [1.54, 1.807) is 10.8 Å². The smallest absolute Gasteiger partial charge is 0.104 e. The molecule has 0 fully saturated rings. The predicted molar refractivity (Wildman–Crippen MR) is 139 cm³/mol. The van der Waals surface area contributed by atoms with E-state index in [0.29, 0.717) is 0 Å². The maximum Gasteiger partial charge on any atom is 0.104 e. The zero-order chi connectivity index (χ0) is 23.2. The number of nitrogens with zero attached hydrogens (tertiary/aromatic N) is 2. The third kappa shape index (κ3) is 5.34. The minimum absolute atomic E-state index is 0.480. The normalized spacial score (nSPS) is 17.9. The summed E-state index contributed by atoms with van der Waals surface area (Å²) in [4.78, 5) is 5.40. The maximum atomic E-state index is 10.5. The average molecular weight is 447 g/mol. The second-order valence-corrected chi connectivity index (χ2v) is 15.8. The lowest BCUT2D eigenvalue weighted by Crippen LogP contribution is -2.44. The van der Waals surface area contributed by atoms with Crippen molar-refractivity contribution in [1.82, 2.24) is 4.98 Å². The Labute approximate surface area is 197 Å². The van der Waals surface area contributed by atoms with Crippen LogP contribution in [0.2, 0.25) is 19.6 Å². The van der Waals surface area contributed by atoms with Gasteiger partial charge >= 0.3 is 0 Å². The molecule has 172 valence electrons. The minimum Gasteiger partial charge on any atom is -0.256 e. The molecule has 1 heterocycles. The van der Waals surface area contributed by atoms with Gasteiger partial charge in [0, 0.05) is 5.69 Å². The summed E-state index contributed by atoms with van der Waals surface area (Å²) < 4.78 is 0. The lowest BCUT2D eigenvalue weighted by atomic mass is 9.80. The summed E-state index contributed by atoms with van der Waals surface area (Å²) in [5.41, 5.74) is 6.24. The van der Waals surface area contributed by atoms with Crippen molar-refractivity contribution in [1.29, 1.82) is 5.26 Å². The number of pyridine rings is 1. The summed E-state index contributed by atoms with van der Waals surface area (Å²) in [6.07, 6.45) is 12.4. The Bertz CT molecular complexity index is 936. The molecule has 1 aromatic carbocycles. The number of benzene rings is 1. The Morgan fingerprint density at radius 1 is 0.969 bits per heavy atom. The van der Waals surface area contributed by atoms with Crippen molar-refractivity contribution < 1.29 is 0 Å². The van der Waals surface area contributed by atoms with Crippen LogP contribution in [0.4, 0.5) is 0 Å². The van der Waals surface area contributed by atoms with Crippen LogP contribution in [0.15, 0.2) is 30.3 Å². The summed E-state index contributed by atoms with van der Waals surface area (Å²) >= 11 is 0. The summed E-state index contributed by atoms with van der Waals surface area (Å²) in [5, 5.41) is 12.1. The van der Waals surface area contributed by atoms with Gasteiger partial charge in [-0.3, -0.25) is 4.98 Å². The molecule has 2 nitrogen and oxygen atoms in total. The number of aryl methyl sites for hydroxylation is 1. The lowest BCUT2D eigenvalue weighted by molar-refractivity contribution is 0.526. The van der Waals surface area contributed by atoms with Gasteiger partial charge in [0.2, 0.25) is 0 Å². The fourth-order valence-electron chi connectivity index (χ4n) is 5.55. The van der Waals surface area contributed by atoms with E-state index in [1.807, 2.05) is 0 Å². The SMILES string of the molecule is CCCCCc1nc2c(c([Si](C)(C)C)c1CCCCC)CC[C@@]2(C#N)Cc1ccccc1. The Kier molecular flexibility index (Phi) is 8.34. The number of nitriles is 1. The fourth-order valence-corrected chi connectivity index (χ4v) is 7.87. The fraction of sp³-hybridized carbons (Fsp3) is 0.586. The zero-order valence-corrected chi connectivity index (χ0v) is 22.1. The van der Waals surface area contributed by atoms with Crippen LogP contribution in [0.1, 0.15) is 86.9 Å². The highest BCUT2D eigenvalue weighted by Crippen LogP contribution is 2.41. The van der Waals surface area contributed by atoms with Crippen molar-refractivity contribution in [3.05, 3.63) is 58.4 Å². The largest absolute Gasteiger partial charge is 0.256 e. The molecule has 1 aromatic heterocycles. The highest BCUT2D eigenvalue weighted by Gasteiger charge is 2.44. The first-order chi connectivity index (χ1) is 15.4. The molecular formula is C29H42N2Si. The number of unbranched alkanes of at least 4 members (excludes halogenated alkanes) is 4. The molecule has 1 aliphatic rings. The average Bonchev–Trinajstić information content (AvgIpc) is 3.12. The van der Waals surface area contributed by atoms with Crippen LogP contribution in [0.5, 0.6) is 0 Å². The van der Waals surface area contributed by atoms with Gasteiger partial charge in [-0.2, -0.15) is 5.26 Å². The van der Waals surface area contributed by atoms with E-state index in [9.17, 15) is 5.26 Å². The third-order valence-electron chi connectivity index (χ3n) is 7.10. The van der Waals surface area contributed by atoms with E-state index in [4.69, 9.17) is 4.98 Å². The molecule has 0 radical (unpaired) electrons. The molecule has 2 aromatic rings. The highest BCUT2D eigenvalue weighted by atomic mass is 28.3. The zero-order valence-electron chi connectivity index (χ0n) is 21.1. The van der Waals surface area contributed by atoms with E-state index < -0.39 is 13.5 Å². The molecule has 0 bridgehead atoms. The van der Waals surface area contributed by atoms with Gasteiger partial charge in [-0.05, 0) is 61.6 Å². The molecule has 0 unspecified atom stereocenters. The van der Waals surface area contributed by atoms with Crippen LogP contribution in [-0.4, -0.2) is 13.1 Å². The Balaban J connectivity index is 2.15. The van der Waals surface area contributed by atoms with Gasteiger partial charge in [0.1, 0.15) is 5.41 Å². The molecule has 3 rings (SSSR count). The quantitative estimate of drug-likeness (QED) is 0.274. The molecule has 0 saturated heterocycles. The second kappa shape index (κ2) is 10.8. The van der Waals surface area contributed by atoms with Crippen molar-refractivity contribution in [2.45, 2.75) is 110 Å². The van der Waals surface area contributed by atoms with Gasteiger partial charge in [0.25, 0.3) is 0 Å². The maximum absolute atomic E-state index is 10.5. The van der Waals surface area contributed by atoms with Crippen molar-refractivity contribution in [2.75, 3.05) is 0 Å². The number of aromatic nitrogens is 1. The van der Waals surface area contributed by atoms with Crippen LogP contribution in [0, 0.1) is 11.3 Å². The van der Waals surface area contributed by atoms with Crippen LogP contribution in [0.3, 0.4) is 0 Å². The number of rotatable bonds is 11. The Morgan fingerprint density at radius 3 is 2.22 bits per heavy atom. The monoisotopic (exact) mass is 446 g/mol. The molecule has 0 saturated carbocycles. The molecule has 1 aliphatic carbocycles. The van der Waals surface area contributed by atoms with E-state index in [1.165, 1.54) is 55.3 Å². The summed E-state index contributed by atoms with van der Waals surface area (Å²) in [5.74, 6) is 0. The van der Waals surface area contributed by atoms with E-state index in [-0.39, 0.29) is 0 Å². The predicted octanol–water partition coefficient (Wildman–Crippen LogP) is 7.04. The number of fused-ring (bicyclic) bond motifs is 1. The van der Waals surface area contributed by atoms with Gasteiger partial charge < -0.3 is 0 Å². The molecule has 0 amide bonds. The molecule has 32 heavy (non-hydrogen) atoms. The lowest BCUT2D eigenvalue weighted by Gasteiger charge is -2.29. The summed E-state index contributed by atoms with van der Waals surface area (Å²) in [7, 11) is -1.59. The minimum atomic E-state index is -1.59. The van der Waals surface area contributed by atoms with Crippen LogP contribution >= 0.6 is 0 Å². The topological polar surface area (TPSA) is 36.7 Å². The first kappa shape index (κ1) is 24.7. The third-order valence-corrected chi connectivity index (χ3v) is 9.20. The van der Waals surface area contributed by atoms with Gasteiger partial charge in [0.05, 0.1) is 19.8 Å². The van der Waals surface area contributed by atoms with Crippen LogP contribution in [-0.2, 0) is 31.1 Å². The van der Waals surface area contributed by atoms with Gasteiger partial charge in [-0.1, -0.05) is 94.7 Å². The molecule has 1 atom stereocenters. The molecule has 0 spiro atoms. The standard InChI is InChI=1S/C29H42N2Si/c1-6-8-11-17-24-26(18-12-9-7-2)31-28-25(27(24)32(3,4)5)19-20-29(28,22-30)21-23-15-13-10-14-16-23/h10,13-16H,6-9,11-12,17-21H2,1-5H3/t29-/m0/s1. The van der Waals surface area contributed by atoms with Crippen LogP contribution < -0.4 is 5.19 Å². The summed E-state index contributed by atoms with van der Waals surface area (Å²) in [6.45, 7) is 12.0. The van der Waals surface area contributed by atoms with Crippen molar-refractivity contribution in [3.8, 4) is 6.07 Å². The van der Waals surface area contributed by atoms with E-state index >= 15 is 0 Å². The van der Waals surface area contributed by atoms with Crippen molar-refractivity contribution in [2.24, 2.45) is 0 Å². The van der Waals surface area contributed by atoms with E-state index in [2.05, 4.69) is 69.9 Å².